The Hall–Kier alpha value is -1.58. The predicted octanol–water partition coefficient (Wildman–Crippen LogP) is 4.56. The van der Waals surface area contributed by atoms with Crippen molar-refractivity contribution in [3.8, 4) is 0 Å². The molecule has 2 nitrogen and oxygen atoms in total. The van der Waals surface area contributed by atoms with E-state index in [2.05, 4.69) is 87.5 Å². The quantitative estimate of drug-likeness (QED) is 0.719. The lowest BCUT2D eigenvalue weighted by molar-refractivity contribution is 0.726. The van der Waals surface area contributed by atoms with Gasteiger partial charge in [0.25, 0.3) is 0 Å². The molecule has 1 aromatic heterocycles. The molecule has 108 valence electrons. The monoisotopic (exact) mass is 342 g/mol. The van der Waals surface area contributed by atoms with Gasteiger partial charge >= 0.3 is 0 Å². The van der Waals surface area contributed by atoms with Crippen molar-refractivity contribution in [1.82, 2.24) is 9.88 Å². The van der Waals surface area contributed by atoms with Gasteiger partial charge in [0.05, 0.1) is 0 Å². The summed E-state index contributed by atoms with van der Waals surface area (Å²) in [6.45, 7) is 4.96. The van der Waals surface area contributed by atoms with E-state index in [0.717, 1.165) is 24.1 Å². The first-order valence-electron chi connectivity index (χ1n) is 7.29. The normalized spacial score (nSPS) is 11.1. The molecule has 1 N–H and O–H groups in total. The average molecular weight is 343 g/mol. The summed E-state index contributed by atoms with van der Waals surface area (Å²) in [5, 5.41) is 4.68. The van der Waals surface area contributed by atoms with Gasteiger partial charge in [-0.05, 0) is 47.3 Å². The third-order valence-electron chi connectivity index (χ3n) is 3.68. The minimum atomic E-state index is 0.904. The minimum absolute atomic E-state index is 0.904. The van der Waals surface area contributed by atoms with E-state index in [9.17, 15) is 0 Å². The fourth-order valence-corrected chi connectivity index (χ4v) is 2.80. The van der Waals surface area contributed by atoms with Gasteiger partial charge in [0, 0.05) is 29.3 Å². The topological polar surface area (TPSA) is 17.0 Å². The molecule has 3 rings (SSSR count). The van der Waals surface area contributed by atoms with Gasteiger partial charge in [0.1, 0.15) is 0 Å². The summed E-state index contributed by atoms with van der Waals surface area (Å²) in [6, 6.07) is 17.4. The van der Waals surface area contributed by atoms with Crippen LogP contribution in [0.15, 0.2) is 59.2 Å². The molecule has 0 fully saturated rings. The fraction of sp³-hybridized carbons (Fsp3) is 0.222. The molecule has 0 saturated carbocycles. The molecular weight excluding hydrogens is 324 g/mol. The van der Waals surface area contributed by atoms with Crippen molar-refractivity contribution < 1.29 is 0 Å². The smallest absolute Gasteiger partial charge is 0.0486 e. The van der Waals surface area contributed by atoms with Crippen LogP contribution in [0.25, 0.3) is 10.9 Å². The standard InChI is InChI=1S/C18H19BrN2/c1-2-20-12-15-3-6-16-9-10-21(18(16)11-15)13-14-4-7-17(19)8-5-14/h3-11,20H,2,12-13H2,1H3. The Morgan fingerprint density at radius 2 is 1.76 bits per heavy atom. The van der Waals surface area contributed by atoms with Crippen LogP contribution in [0.2, 0.25) is 0 Å². The summed E-state index contributed by atoms with van der Waals surface area (Å²) in [5.41, 5.74) is 3.95. The molecule has 3 aromatic rings. The largest absolute Gasteiger partial charge is 0.343 e. The highest BCUT2D eigenvalue weighted by atomic mass is 79.9. The van der Waals surface area contributed by atoms with E-state index in [0.29, 0.717) is 0 Å². The zero-order chi connectivity index (χ0) is 14.7. The molecule has 0 aliphatic heterocycles. The van der Waals surface area contributed by atoms with Crippen molar-refractivity contribution in [1.29, 1.82) is 0 Å². The molecular formula is C18H19BrN2. The summed E-state index contributed by atoms with van der Waals surface area (Å²) in [7, 11) is 0. The van der Waals surface area contributed by atoms with Crippen LogP contribution in [0.5, 0.6) is 0 Å². The highest BCUT2D eigenvalue weighted by Crippen LogP contribution is 2.20. The van der Waals surface area contributed by atoms with E-state index in [-0.39, 0.29) is 0 Å². The first kappa shape index (κ1) is 14.4. The Morgan fingerprint density at radius 3 is 2.52 bits per heavy atom. The van der Waals surface area contributed by atoms with Crippen LogP contribution in [-0.4, -0.2) is 11.1 Å². The van der Waals surface area contributed by atoms with Crippen LogP contribution in [0.4, 0.5) is 0 Å². The number of benzene rings is 2. The maximum atomic E-state index is 3.48. The molecule has 0 atom stereocenters. The summed E-state index contributed by atoms with van der Waals surface area (Å²) in [6.07, 6.45) is 2.17. The fourth-order valence-electron chi connectivity index (χ4n) is 2.53. The van der Waals surface area contributed by atoms with Gasteiger partial charge in [0.15, 0.2) is 0 Å². The first-order chi connectivity index (χ1) is 10.3. The highest BCUT2D eigenvalue weighted by molar-refractivity contribution is 9.10. The van der Waals surface area contributed by atoms with Crippen molar-refractivity contribution in [2.75, 3.05) is 6.54 Å². The molecule has 0 saturated heterocycles. The lowest BCUT2D eigenvalue weighted by atomic mass is 10.1. The van der Waals surface area contributed by atoms with Gasteiger partial charge in [-0.3, -0.25) is 0 Å². The second kappa shape index (κ2) is 6.46. The Balaban J connectivity index is 1.89. The van der Waals surface area contributed by atoms with Crippen LogP contribution < -0.4 is 5.32 Å². The SMILES string of the molecule is CCNCc1ccc2ccn(Cc3ccc(Br)cc3)c2c1. The Morgan fingerprint density at radius 1 is 1.00 bits per heavy atom. The maximum Gasteiger partial charge on any atom is 0.0486 e. The zero-order valence-corrected chi connectivity index (χ0v) is 13.7. The molecule has 0 unspecified atom stereocenters. The third kappa shape index (κ3) is 3.36. The number of nitrogens with one attached hydrogen (secondary N) is 1. The van der Waals surface area contributed by atoms with E-state index < -0.39 is 0 Å². The average Bonchev–Trinajstić information content (AvgIpc) is 2.90. The van der Waals surface area contributed by atoms with E-state index in [1.807, 2.05) is 0 Å². The second-order valence-electron chi connectivity index (χ2n) is 5.24. The third-order valence-corrected chi connectivity index (χ3v) is 4.21. The molecule has 3 heteroatoms. The predicted molar refractivity (Wildman–Crippen MR) is 92.6 cm³/mol. The van der Waals surface area contributed by atoms with Gasteiger partial charge < -0.3 is 9.88 Å². The molecule has 0 bridgehead atoms. The van der Waals surface area contributed by atoms with E-state index in [1.165, 1.54) is 22.0 Å². The number of rotatable bonds is 5. The number of hydrogen-bond acceptors (Lipinski definition) is 1. The van der Waals surface area contributed by atoms with Crippen molar-refractivity contribution in [3.63, 3.8) is 0 Å². The molecule has 0 amide bonds. The zero-order valence-electron chi connectivity index (χ0n) is 12.1. The molecule has 0 spiro atoms. The van der Waals surface area contributed by atoms with Crippen LogP contribution in [0.1, 0.15) is 18.1 Å². The van der Waals surface area contributed by atoms with E-state index >= 15 is 0 Å². The Labute approximate surface area is 133 Å². The number of fused-ring (bicyclic) bond motifs is 1. The molecule has 1 heterocycles. The number of halogens is 1. The van der Waals surface area contributed by atoms with Crippen molar-refractivity contribution in [2.45, 2.75) is 20.0 Å². The van der Waals surface area contributed by atoms with Crippen LogP contribution in [-0.2, 0) is 13.1 Å². The van der Waals surface area contributed by atoms with Gasteiger partial charge in [-0.1, -0.05) is 47.1 Å². The number of nitrogens with zero attached hydrogens (tertiary/aromatic N) is 1. The second-order valence-corrected chi connectivity index (χ2v) is 6.16. The minimum Gasteiger partial charge on any atom is -0.343 e. The molecule has 2 aromatic carbocycles. The van der Waals surface area contributed by atoms with Gasteiger partial charge in [-0.25, -0.2) is 0 Å². The molecule has 0 radical (unpaired) electrons. The summed E-state index contributed by atoms with van der Waals surface area (Å²) < 4.78 is 3.44. The van der Waals surface area contributed by atoms with Crippen molar-refractivity contribution in [3.05, 3.63) is 70.3 Å². The summed E-state index contributed by atoms with van der Waals surface area (Å²) in [5.74, 6) is 0. The van der Waals surface area contributed by atoms with Crippen LogP contribution >= 0.6 is 15.9 Å². The number of hydrogen-bond donors (Lipinski definition) is 1. The van der Waals surface area contributed by atoms with Crippen LogP contribution in [0.3, 0.4) is 0 Å². The van der Waals surface area contributed by atoms with Gasteiger partial charge in [-0.15, -0.1) is 0 Å². The highest BCUT2D eigenvalue weighted by Gasteiger charge is 2.03. The lowest BCUT2D eigenvalue weighted by Gasteiger charge is -2.08. The molecule has 0 aliphatic carbocycles. The maximum absolute atomic E-state index is 3.48. The molecule has 0 aliphatic rings. The van der Waals surface area contributed by atoms with E-state index in [1.54, 1.807) is 0 Å². The van der Waals surface area contributed by atoms with Crippen molar-refractivity contribution >= 4 is 26.8 Å². The van der Waals surface area contributed by atoms with Gasteiger partial charge in [-0.2, -0.15) is 0 Å². The Kier molecular flexibility index (Phi) is 4.42. The number of aromatic nitrogens is 1. The molecule has 21 heavy (non-hydrogen) atoms. The Bertz CT molecular complexity index is 729. The summed E-state index contributed by atoms with van der Waals surface area (Å²) >= 11 is 3.48. The lowest BCUT2D eigenvalue weighted by Crippen LogP contribution is -2.11. The van der Waals surface area contributed by atoms with E-state index in [4.69, 9.17) is 0 Å². The summed E-state index contributed by atoms with van der Waals surface area (Å²) in [4.78, 5) is 0. The van der Waals surface area contributed by atoms with Crippen LogP contribution in [0, 0.1) is 0 Å². The first-order valence-corrected chi connectivity index (χ1v) is 8.08. The van der Waals surface area contributed by atoms with Gasteiger partial charge in [0.2, 0.25) is 0 Å². The van der Waals surface area contributed by atoms with Crippen molar-refractivity contribution in [2.24, 2.45) is 0 Å².